The van der Waals surface area contributed by atoms with E-state index in [1.807, 2.05) is 0 Å². The summed E-state index contributed by atoms with van der Waals surface area (Å²) in [6.45, 7) is 1.77. The normalized spacial score (nSPS) is 9.46. The molecule has 0 amide bonds. The van der Waals surface area contributed by atoms with Gasteiger partial charge in [0.1, 0.15) is 5.57 Å². The van der Waals surface area contributed by atoms with Crippen LogP contribution in [-0.4, -0.2) is 26.2 Å². The van der Waals surface area contributed by atoms with E-state index in [2.05, 4.69) is 9.47 Å². The summed E-state index contributed by atoms with van der Waals surface area (Å²) >= 11 is 0. The molecular weight excluding hydrogens is 172 g/mol. The zero-order valence-corrected chi connectivity index (χ0v) is 7.87. The van der Waals surface area contributed by atoms with E-state index in [9.17, 15) is 9.59 Å². The van der Waals surface area contributed by atoms with E-state index in [0.29, 0.717) is 0 Å². The average Bonchev–Trinajstić information content (AvgIpc) is 2.17. The molecule has 0 unspecified atom stereocenters. The third kappa shape index (κ3) is 3.55. The van der Waals surface area contributed by atoms with E-state index in [0.717, 1.165) is 0 Å². The second kappa shape index (κ2) is 5.99. The number of hydrogen-bond donors (Lipinski definition) is 0. The number of rotatable bonds is 3. The van der Waals surface area contributed by atoms with Crippen LogP contribution >= 0.6 is 0 Å². The van der Waals surface area contributed by atoms with Crippen molar-refractivity contribution in [2.45, 2.75) is 6.92 Å². The van der Waals surface area contributed by atoms with Gasteiger partial charge in [0.15, 0.2) is 0 Å². The molecule has 13 heavy (non-hydrogen) atoms. The second-order valence-corrected chi connectivity index (χ2v) is 2.09. The minimum Gasteiger partial charge on any atom is -0.465 e. The van der Waals surface area contributed by atoms with Gasteiger partial charge in [0.2, 0.25) is 0 Å². The zero-order chi connectivity index (χ0) is 10.3. The Balaban J connectivity index is 4.75. The smallest absolute Gasteiger partial charge is 0.345 e. The van der Waals surface area contributed by atoms with Crippen molar-refractivity contribution in [2.75, 3.05) is 14.2 Å². The van der Waals surface area contributed by atoms with Gasteiger partial charge >= 0.3 is 11.9 Å². The number of carbonyl (C=O) groups is 2. The predicted molar refractivity (Wildman–Crippen MR) is 46.9 cm³/mol. The van der Waals surface area contributed by atoms with Crippen LogP contribution in [0, 0.1) is 0 Å². The van der Waals surface area contributed by atoms with E-state index in [1.54, 1.807) is 19.1 Å². The largest absolute Gasteiger partial charge is 0.465 e. The quantitative estimate of drug-likeness (QED) is 0.214. The Bertz CT molecular complexity index is 232. The minimum atomic E-state index is -0.704. The Morgan fingerprint density at radius 3 is 1.85 bits per heavy atom. The van der Waals surface area contributed by atoms with E-state index in [-0.39, 0.29) is 5.57 Å². The number of carbonyl (C=O) groups excluding carboxylic acids is 2. The standard InChI is InChI=1S/C9H12O4/c1-4-5-6-7(8(10)12-2)9(11)13-3/h4-6H,1-3H3/b5-4+. The first kappa shape index (κ1) is 11.4. The summed E-state index contributed by atoms with van der Waals surface area (Å²) in [5.41, 5.74) is -0.122. The van der Waals surface area contributed by atoms with Crippen molar-refractivity contribution in [3.63, 3.8) is 0 Å². The molecule has 0 radical (unpaired) electrons. The molecule has 4 heteroatoms. The Kier molecular flexibility index (Phi) is 5.27. The van der Waals surface area contributed by atoms with Crippen LogP contribution in [0.15, 0.2) is 23.8 Å². The monoisotopic (exact) mass is 184 g/mol. The molecule has 0 rings (SSSR count). The topological polar surface area (TPSA) is 52.6 Å². The van der Waals surface area contributed by atoms with Crippen LogP contribution in [0.25, 0.3) is 0 Å². The van der Waals surface area contributed by atoms with Crippen LogP contribution in [0.4, 0.5) is 0 Å². The highest BCUT2D eigenvalue weighted by atomic mass is 16.5. The van der Waals surface area contributed by atoms with Gasteiger partial charge in [0.05, 0.1) is 14.2 Å². The van der Waals surface area contributed by atoms with Crippen LogP contribution in [0.2, 0.25) is 0 Å². The van der Waals surface area contributed by atoms with Crippen molar-refractivity contribution in [1.82, 2.24) is 0 Å². The summed E-state index contributed by atoms with van der Waals surface area (Å²) < 4.78 is 8.78. The van der Waals surface area contributed by atoms with Gasteiger partial charge in [-0.1, -0.05) is 12.2 Å². The highest BCUT2D eigenvalue weighted by molar-refractivity contribution is 6.14. The van der Waals surface area contributed by atoms with Gasteiger partial charge in [-0.05, 0) is 13.0 Å². The maximum absolute atomic E-state index is 11.0. The fourth-order valence-electron chi connectivity index (χ4n) is 0.632. The van der Waals surface area contributed by atoms with Gasteiger partial charge in [-0.2, -0.15) is 0 Å². The van der Waals surface area contributed by atoms with Crippen molar-refractivity contribution < 1.29 is 19.1 Å². The van der Waals surface area contributed by atoms with Gasteiger partial charge in [-0.3, -0.25) is 0 Å². The minimum absolute atomic E-state index is 0.122. The van der Waals surface area contributed by atoms with Gasteiger partial charge in [0.25, 0.3) is 0 Å². The SMILES string of the molecule is C/C=C/C=C(C(=O)OC)C(=O)OC. The van der Waals surface area contributed by atoms with Crippen molar-refractivity contribution in [2.24, 2.45) is 0 Å². The molecule has 0 aliphatic carbocycles. The van der Waals surface area contributed by atoms with Crippen LogP contribution in [0.1, 0.15) is 6.92 Å². The molecule has 4 nitrogen and oxygen atoms in total. The lowest BCUT2D eigenvalue weighted by atomic mass is 10.2. The molecule has 0 saturated carbocycles. The lowest BCUT2D eigenvalue weighted by Crippen LogP contribution is -2.15. The van der Waals surface area contributed by atoms with E-state index >= 15 is 0 Å². The Hall–Kier alpha value is -1.58. The first-order valence-electron chi connectivity index (χ1n) is 3.67. The van der Waals surface area contributed by atoms with Gasteiger partial charge < -0.3 is 9.47 Å². The lowest BCUT2D eigenvalue weighted by molar-refractivity contribution is -0.144. The first-order chi connectivity index (χ1) is 6.17. The summed E-state index contributed by atoms with van der Waals surface area (Å²) in [6, 6.07) is 0. The van der Waals surface area contributed by atoms with Crippen molar-refractivity contribution in [1.29, 1.82) is 0 Å². The Morgan fingerprint density at radius 2 is 1.54 bits per heavy atom. The van der Waals surface area contributed by atoms with Gasteiger partial charge in [0, 0.05) is 0 Å². The Labute approximate surface area is 76.8 Å². The van der Waals surface area contributed by atoms with Crippen LogP contribution < -0.4 is 0 Å². The predicted octanol–water partition coefficient (Wildman–Crippen LogP) is 0.835. The van der Waals surface area contributed by atoms with Gasteiger partial charge in [-0.15, -0.1) is 0 Å². The van der Waals surface area contributed by atoms with Crippen LogP contribution in [-0.2, 0) is 19.1 Å². The van der Waals surface area contributed by atoms with Gasteiger partial charge in [-0.25, -0.2) is 9.59 Å². The summed E-state index contributed by atoms with van der Waals surface area (Å²) in [5, 5.41) is 0. The maximum atomic E-state index is 11.0. The number of allylic oxidation sites excluding steroid dienone is 3. The number of esters is 2. The highest BCUT2D eigenvalue weighted by Crippen LogP contribution is 2.00. The molecule has 0 aliphatic rings. The molecule has 0 aromatic heterocycles. The van der Waals surface area contributed by atoms with Crippen molar-refractivity contribution >= 4 is 11.9 Å². The summed E-state index contributed by atoms with van der Waals surface area (Å²) in [7, 11) is 2.41. The number of hydrogen-bond acceptors (Lipinski definition) is 4. The number of ether oxygens (including phenoxy) is 2. The first-order valence-corrected chi connectivity index (χ1v) is 3.67. The molecule has 0 fully saturated rings. The molecule has 0 N–H and O–H groups in total. The average molecular weight is 184 g/mol. The summed E-state index contributed by atoms with van der Waals surface area (Å²) in [6.07, 6.45) is 4.59. The van der Waals surface area contributed by atoms with Crippen LogP contribution in [0.5, 0.6) is 0 Å². The second-order valence-electron chi connectivity index (χ2n) is 2.09. The molecule has 0 aromatic carbocycles. The summed E-state index contributed by atoms with van der Waals surface area (Å²) in [4.78, 5) is 22.0. The molecule has 0 spiro atoms. The third-order valence-electron chi connectivity index (χ3n) is 1.27. The van der Waals surface area contributed by atoms with E-state index in [1.165, 1.54) is 20.3 Å². The summed E-state index contributed by atoms with van der Waals surface area (Å²) in [5.74, 6) is -1.41. The van der Waals surface area contributed by atoms with E-state index < -0.39 is 11.9 Å². The van der Waals surface area contributed by atoms with Crippen molar-refractivity contribution in [3.8, 4) is 0 Å². The highest BCUT2D eigenvalue weighted by Gasteiger charge is 2.18. The third-order valence-corrected chi connectivity index (χ3v) is 1.27. The fourth-order valence-corrected chi connectivity index (χ4v) is 0.632. The molecule has 0 aliphatic heterocycles. The molecule has 0 bridgehead atoms. The molecule has 72 valence electrons. The molecule has 0 saturated heterocycles. The van der Waals surface area contributed by atoms with E-state index in [4.69, 9.17) is 0 Å². The van der Waals surface area contributed by atoms with Crippen molar-refractivity contribution in [3.05, 3.63) is 23.8 Å². The zero-order valence-electron chi connectivity index (χ0n) is 7.87. The molecule has 0 heterocycles. The Morgan fingerprint density at radius 1 is 1.08 bits per heavy atom. The number of methoxy groups -OCH3 is 2. The fraction of sp³-hybridized carbons (Fsp3) is 0.333. The molecule has 0 aromatic rings. The maximum Gasteiger partial charge on any atom is 0.345 e. The lowest BCUT2D eigenvalue weighted by Gasteiger charge is -2.01. The molecule has 0 atom stereocenters. The molecular formula is C9H12O4. The van der Waals surface area contributed by atoms with Crippen LogP contribution in [0.3, 0.4) is 0 Å².